The number of halogens is 2. The highest BCUT2D eigenvalue weighted by Gasteiger charge is 2.20. The highest BCUT2D eigenvalue weighted by Crippen LogP contribution is 2.23. The van der Waals surface area contributed by atoms with Crippen molar-refractivity contribution in [1.82, 2.24) is 9.97 Å². The number of hydrogen-bond acceptors (Lipinski definition) is 6. The van der Waals surface area contributed by atoms with Gasteiger partial charge in [0.05, 0.1) is 0 Å². The van der Waals surface area contributed by atoms with E-state index in [0.29, 0.717) is 23.4 Å². The fourth-order valence-corrected chi connectivity index (χ4v) is 3.66. The Bertz CT molecular complexity index is 1140. The monoisotopic (exact) mass is 419 g/mol. The number of rotatable bonds is 6. The van der Waals surface area contributed by atoms with Crippen molar-refractivity contribution in [3.63, 3.8) is 0 Å². The maximum Gasteiger partial charge on any atom is 0.264 e. The quantitative estimate of drug-likeness (QED) is 0.634. The Morgan fingerprint density at radius 3 is 2.24 bits per heavy atom. The maximum absolute atomic E-state index is 13.8. The molecular formula is C19H19F2N5O2S. The van der Waals surface area contributed by atoms with Crippen LogP contribution in [0, 0.1) is 18.6 Å². The molecule has 0 radical (unpaired) electrons. The molecule has 0 fully saturated rings. The van der Waals surface area contributed by atoms with E-state index in [4.69, 9.17) is 0 Å². The normalized spacial score (nSPS) is 11.2. The number of nitrogens with zero attached hydrogens (tertiary/aromatic N) is 3. The average Bonchev–Trinajstić information content (AvgIpc) is 2.64. The van der Waals surface area contributed by atoms with Crippen LogP contribution in [0.1, 0.15) is 5.82 Å². The summed E-state index contributed by atoms with van der Waals surface area (Å²) in [5.74, 6) is 0.0367. The molecule has 2 N–H and O–H groups in total. The van der Waals surface area contributed by atoms with Gasteiger partial charge in [-0.1, -0.05) is 0 Å². The second-order valence-electron chi connectivity index (χ2n) is 6.44. The molecule has 3 aromatic rings. The van der Waals surface area contributed by atoms with Crippen molar-refractivity contribution in [2.45, 2.75) is 11.8 Å². The summed E-state index contributed by atoms with van der Waals surface area (Å²) in [4.78, 5) is 9.72. The summed E-state index contributed by atoms with van der Waals surface area (Å²) in [5, 5.41) is 3.11. The highest BCUT2D eigenvalue weighted by atomic mass is 32.2. The summed E-state index contributed by atoms with van der Waals surface area (Å²) in [7, 11) is -0.533. The molecule has 3 rings (SSSR count). The molecule has 0 unspecified atom stereocenters. The van der Waals surface area contributed by atoms with Crippen LogP contribution in [0.15, 0.2) is 53.4 Å². The number of hydrogen-bond donors (Lipinski definition) is 2. The molecule has 152 valence electrons. The summed E-state index contributed by atoms with van der Waals surface area (Å²) in [5.41, 5.74) is 0.861. The lowest BCUT2D eigenvalue weighted by Crippen LogP contribution is -2.15. The van der Waals surface area contributed by atoms with Gasteiger partial charge in [-0.25, -0.2) is 27.2 Å². The lowest BCUT2D eigenvalue weighted by Gasteiger charge is -2.14. The van der Waals surface area contributed by atoms with E-state index in [1.54, 1.807) is 25.1 Å². The zero-order chi connectivity index (χ0) is 21.2. The van der Waals surface area contributed by atoms with Gasteiger partial charge in [-0.3, -0.25) is 4.72 Å². The Morgan fingerprint density at radius 2 is 1.59 bits per heavy atom. The first-order chi connectivity index (χ1) is 13.6. The number of aryl methyl sites for hydroxylation is 1. The molecule has 0 bridgehead atoms. The molecule has 0 spiro atoms. The van der Waals surface area contributed by atoms with Crippen molar-refractivity contribution in [3.05, 3.63) is 66.0 Å². The Kier molecular flexibility index (Phi) is 5.64. The van der Waals surface area contributed by atoms with Crippen LogP contribution in [0.3, 0.4) is 0 Å². The maximum atomic E-state index is 13.8. The average molecular weight is 419 g/mol. The van der Waals surface area contributed by atoms with Gasteiger partial charge in [-0.05, 0) is 49.4 Å². The van der Waals surface area contributed by atoms with Crippen molar-refractivity contribution < 1.29 is 17.2 Å². The molecular weight excluding hydrogens is 400 g/mol. The smallest absolute Gasteiger partial charge is 0.264 e. The minimum atomic E-state index is -4.27. The van der Waals surface area contributed by atoms with E-state index in [0.717, 1.165) is 18.0 Å². The first-order valence-electron chi connectivity index (χ1n) is 8.52. The zero-order valence-corrected chi connectivity index (χ0v) is 16.8. The molecule has 2 aromatic carbocycles. The molecule has 0 saturated carbocycles. The molecule has 0 atom stereocenters. The topological polar surface area (TPSA) is 87.2 Å². The van der Waals surface area contributed by atoms with Gasteiger partial charge in [0.15, 0.2) is 0 Å². The lowest BCUT2D eigenvalue weighted by atomic mass is 10.3. The van der Waals surface area contributed by atoms with Crippen molar-refractivity contribution in [2.24, 2.45) is 0 Å². The molecule has 10 heteroatoms. The van der Waals surface area contributed by atoms with E-state index >= 15 is 0 Å². The fourth-order valence-electron chi connectivity index (χ4n) is 2.51. The summed E-state index contributed by atoms with van der Waals surface area (Å²) in [6.45, 7) is 1.78. The number of nitrogens with one attached hydrogen (secondary N) is 2. The van der Waals surface area contributed by atoms with Gasteiger partial charge < -0.3 is 10.2 Å². The largest absolute Gasteiger partial charge is 0.363 e. The Balaban J connectivity index is 1.78. The van der Waals surface area contributed by atoms with Gasteiger partial charge in [0, 0.05) is 31.5 Å². The van der Waals surface area contributed by atoms with Crippen LogP contribution >= 0.6 is 0 Å². The number of sulfonamides is 1. The first kappa shape index (κ1) is 20.5. The lowest BCUT2D eigenvalue weighted by molar-refractivity contribution is 0.555. The van der Waals surface area contributed by atoms with Gasteiger partial charge in [0.1, 0.15) is 34.0 Å². The van der Waals surface area contributed by atoms with Gasteiger partial charge in [-0.2, -0.15) is 0 Å². The number of aromatic nitrogens is 2. The van der Waals surface area contributed by atoms with Gasteiger partial charge in [0.25, 0.3) is 10.0 Å². The second-order valence-corrected chi connectivity index (χ2v) is 8.09. The number of anilines is 4. The van der Waals surface area contributed by atoms with Crippen LogP contribution in [0.25, 0.3) is 0 Å². The van der Waals surface area contributed by atoms with Crippen LogP contribution in [0.5, 0.6) is 0 Å². The molecule has 0 aliphatic heterocycles. The Hall–Kier alpha value is -3.27. The van der Waals surface area contributed by atoms with E-state index < -0.39 is 26.6 Å². The predicted molar refractivity (Wildman–Crippen MR) is 108 cm³/mol. The van der Waals surface area contributed by atoms with Crippen molar-refractivity contribution >= 4 is 33.0 Å². The third-order valence-electron chi connectivity index (χ3n) is 3.87. The summed E-state index contributed by atoms with van der Waals surface area (Å²) in [6, 6.07) is 10.3. The summed E-state index contributed by atoms with van der Waals surface area (Å²) in [6.07, 6.45) is 0. The number of benzene rings is 2. The van der Waals surface area contributed by atoms with E-state index in [1.807, 2.05) is 19.0 Å². The standard InChI is InChI=1S/C19H19F2N5O2S/c1-12-22-18(11-19(23-12)26(2)3)24-14-5-7-15(8-6-14)25-29(27,28)17-10-13(20)4-9-16(17)21/h4-11,25H,1-3H3,(H,22,23,24). The molecule has 0 aliphatic rings. The molecule has 1 aromatic heterocycles. The predicted octanol–water partition coefficient (Wildman–Crippen LogP) is 3.67. The van der Waals surface area contributed by atoms with E-state index in [2.05, 4.69) is 20.0 Å². The molecule has 29 heavy (non-hydrogen) atoms. The van der Waals surface area contributed by atoms with E-state index in [1.165, 1.54) is 12.1 Å². The zero-order valence-electron chi connectivity index (χ0n) is 15.9. The Morgan fingerprint density at radius 1 is 0.931 bits per heavy atom. The van der Waals surface area contributed by atoms with Crippen molar-refractivity contribution in [3.8, 4) is 0 Å². The molecule has 7 nitrogen and oxygen atoms in total. The molecule has 1 heterocycles. The SMILES string of the molecule is Cc1nc(Nc2ccc(NS(=O)(=O)c3cc(F)ccc3F)cc2)cc(N(C)C)n1. The Labute approximate surface area is 167 Å². The minimum Gasteiger partial charge on any atom is -0.363 e. The van der Waals surface area contributed by atoms with Crippen LogP contribution in [-0.2, 0) is 10.0 Å². The van der Waals surface area contributed by atoms with Crippen LogP contribution < -0.4 is 14.9 Å². The van der Waals surface area contributed by atoms with Crippen molar-refractivity contribution in [1.29, 1.82) is 0 Å². The van der Waals surface area contributed by atoms with E-state index in [9.17, 15) is 17.2 Å². The second kappa shape index (κ2) is 8.00. The summed E-state index contributed by atoms with van der Waals surface area (Å²) < 4.78 is 54.0. The van der Waals surface area contributed by atoms with Crippen molar-refractivity contribution in [2.75, 3.05) is 29.0 Å². The third kappa shape index (κ3) is 4.96. The third-order valence-corrected chi connectivity index (χ3v) is 5.27. The molecule has 0 aliphatic carbocycles. The van der Waals surface area contributed by atoms with E-state index in [-0.39, 0.29) is 5.69 Å². The summed E-state index contributed by atoms with van der Waals surface area (Å²) >= 11 is 0. The van der Waals surface area contributed by atoms with Crippen LogP contribution in [0.4, 0.5) is 31.8 Å². The van der Waals surface area contributed by atoms with Crippen LogP contribution in [0.2, 0.25) is 0 Å². The van der Waals surface area contributed by atoms with Gasteiger partial charge >= 0.3 is 0 Å². The highest BCUT2D eigenvalue weighted by molar-refractivity contribution is 7.92. The molecule has 0 amide bonds. The molecule has 0 saturated heterocycles. The first-order valence-corrected chi connectivity index (χ1v) is 10.0. The van der Waals surface area contributed by atoms with Crippen LogP contribution in [-0.4, -0.2) is 32.5 Å². The fraction of sp³-hybridized carbons (Fsp3) is 0.158. The van der Waals surface area contributed by atoms with Gasteiger partial charge in [-0.15, -0.1) is 0 Å². The minimum absolute atomic E-state index is 0.201. The van der Waals surface area contributed by atoms with Gasteiger partial charge in [0.2, 0.25) is 0 Å².